The summed E-state index contributed by atoms with van der Waals surface area (Å²) >= 11 is 0. The molecule has 0 spiro atoms. The molecule has 276 valence electrons. The molecular formula is C55H36N4. The fourth-order valence-electron chi connectivity index (χ4n) is 8.30. The van der Waals surface area contributed by atoms with Crippen LogP contribution in [0.2, 0.25) is 0 Å². The Balaban J connectivity index is 0.973. The highest BCUT2D eigenvalue weighted by atomic mass is 15.1. The van der Waals surface area contributed by atoms with Crippen molar-refractivity contribution in [3.05, 3.63) is 219 Å². The summed E-state index contributed by atoms with van der Waals surface area (Å²) in [6, 6.07) is 73.2. The van der Waals surface area contributed by atoms with Crippen molar-refractivity contribution in [2.45, 2.75) is 0 Å². The summed E-state index contributed by atoms with van der Waals surface area (Å²) in [5, 5.41) is 6.18. The molecule has 0 bridgehead atoms. The Morgan fingerprint density at radius 1 is 0.339 bits per heavy atom. The van der Waals surface area contributed by atoms with Gasteiger partial charge in [0.1, 0.15) is 0 Å². The molecule has 0 unspecified atom stereocenters. The molecule has 0 fully saturated rings. The van der Waals surface area contributed by atoms with Crippen LogP contribution >= 0.6 is 0 Å². The van der Waals surface area contributed by atoms with Crippen LogP contribution in [0.25, 0.3) is 88.1 Å². The first-order valence-corrected chi connectivity index (χ1v) is 19.9. The molecule has 0 aliphatic heterocycles. The summed E-state index contributed by atoms with van der Waals surface area (Å²) in [4.78, 5) is 16.8. The van der Waals surface area contributed by atoms with Gasteiger partial charge in [-0.2, -0.15) is 0 Å². The van der Waals surface area contributed by atoms with E-state index in [2.05, 4.69) is 181 Å². The molecule has 4 nitrogen and oxygen atoms in total. The molecule has 0 atom stereocenters. The zero-order valence-electron chi connectivity index (χ0n) is 32.1. The number of hydrogen-bond acceptors (Lipinski definition) is 4. The van der Waals surface area contributed by atoms with E-state index in [9.17, 15) is 0 Å². The van der Waals surface area contributed by atoms with Crippen LogP contribution in [0.3, 0.4) is 0 Å². The SMILES string of the molecule is c1ccc(-c2cc(-c3ccc(N(c4ccc(-c5cnc6ccccc6c5)cc4)c4ccc(-c5ccc6c(ccc7ccccc76)c5)cc4)cc3)nc3cccnc23)cc1. The molecule has 0 aliphatic rings. The van der Waals surface area contributed by atoms with Crippen molar-refractivity contribution in [1.29, 1.82) is 0 Å². The van der Waals surface area contributed by atoms with Gasteiger partial charge in [-0.05, 0) is 117 Å². The van der Waals surface area contributed by atoms with Crippen molar-refractivity contribution in [3.63, 3.8) is 0 Å². The largest absolute Gasteiger partial charge is 0.311 e. The van der Waals surface area contributed by atoms with E-state index in [1.54, 1.807) is 0 Å². The molecule has 59 heavy (non-hydrogen) atoms. The molecule has 11 rings (SSSR count). The molecule has 0 saturated heterocycles. The topological polar surface area (TPSA) is 41.9 Å². The second-order valence-electron chi connectivity index (χ2n) is 14.9. The number of aromatic nitrogens is 3. The number of pyridine rings is 3. The Kier molecular flexibility index (Phi) is 8.45. The summed E-state index contributed by atoms with van der Waals surface area (Å²) in [7, 11) is 0. The summed E-state index contributed by atoms with van der Waals surface area (Å²) < 4.78 is 0. The Hall–Kier alpha value is -7.95. The van der Waals surface area contributed by atoms with Crippen molar-refractivity contribution in [2.24, 2.45) is 0 Å². The highest BCUT2D eigenvalue weighted by molar-refractivity contribution is 6.08. The second-order valence-corrected chi connectivity index (χ2v) is 14.9. The van der Waals surface area contributed by atoms with E-state index in [4.69, 9.17) is 15.0 Å². The van der Waals surface area contributed by atoms with E-state index in [0.29, 0.717) is 0 Å². The van der Waals surface area contributed by atoms with E-state index in [1.165, 1.54) is 32.7 Å². The lowest BCUT2D eigenvalue weighted by Crippen LogP contribution is -2.09. The summed E-state index contributed by atoms with van der Waals surface area (Å²) in [6.07, 6.45) is 3.79. The predicted molar refractivity (Wildman–Crippen MR) is 246 cm³/mol. The third-order valence-corrected chi connectivity index (χ3v) is 11.3. The van der Waals surface area contributed by atoms with Gasteiger partial charge in [0.25, 0.3) is 0 Å². The number of benzene rings is 8. The van der Waals surface area contributed by atoms with E-state index in [1.807, 2.05) is 42.7 Å². The molecule has 0 radical (unpaired) electrons. The number of para-hydroxylation sites is 1. The van der Waals surface area contributed by atoms with Gasteiger partial charge < -0.3 is 4.90 Å². The third-order valence-electron chi connectivity index (χ3n) is 11.3. The minimum absolute atomic E-state index is 0.871. The van der Waals surface area contributed by atoms with Gasteiger partial charge in [-0.25, -0.2) is 4.98 Å². The van der Waals surface area contributed by atoms with Crippen molar-refractivity contribution >= 4 is 60.5 Å². The van der Waals surface area contributed by atoms with Gasteiger partial charge >= 0.3 is 0 Å². The van der Waals surface area contributed by atoms with Crippen LogP contribution in [0.1, 0.15) is 0 Å². The first-order chi connectivity index (χ1) is 29.2. The number of anilines is 3. The van der Waals surface area contributed by atoms with Gasteiger partial charge in [-0.15, -0.1) is 0 Å². The van der Waals surface area contributed by atoms with Gasteiger partial charge in [-0.1, -0.05) is 133 Å². The average Bonchev–Trinajstić information content (AvgIpc) is 3.32. The van der Waals surface area contributed by atoms with E-state index < -0.39 is 0 Å². The number of nitrogens with zero attached hydrogens (tertiary/aromatic N) is 4. The molecule has 11 aromatic rings. The average molecular weight is 753 g/mol. The number of fused-ring (bicyclic) bond motifs is 5. The van der Waals surface area contributed by atoms with Crippen LogP contribution < -0.4 is 4.90 Å². The molecule has 0 N–H and O–H groups in total. The Morgan fingerprint density at radius 3 is 1.68 bits per heavy atom. The Morgan fingerprint density at radius 2 is 0.915 bits per heavy atom. The van der Waals surface area contributed by atoms with Crippen molar-refractivity contribution in [1.82, 2.24) is 15.0 Å². The van der Waals surface area contributed by atoms with Crippen molar-refractivity contribution in [3.8, 4) is 44.6 Å². The molecule has 4 heteroatoms. The first kappa shape index (κ1) is 34.3. The van der Waals surface area contributed by atoms with Crippen LogP contribution in [0, 0.1) is 0 Å². The highest BCUT2D eigenvalue weighted by Gasteiger charge is 2.16. The van der Waals surface area contributed by atoms with Crippen LogP contribution in [0.5, 0.6) is 0 Å². The Bertz CT molecular complexity index is 3300. The lowest BCUT2D eigenvalue weighted by atomic mass is 9.97. The maximum Gasteiger partial charge on any atom is 0.0965 e. The number of rotatable bonds is 7. The molecule has 0 saturated carbocycles. The highest BCUT2D eigenvalue weighted by Crippen LogP contribution is 2.39. The summed E-state index contributed by atoms with van der Waals surface area (Å²) in [5.41, 5.74) is 14.6. The van der Waals surface area contributed by atoms with E-state index >= 15 is 0 Å². The molecule has 0 aliphatic carbocycles. The normalized spacial score (nSPS) is 11.4. The monoisotopic (exact) mass is 752 g/mol. The van der Waals surface area contributed by atoms with Crippen molar-refractivity contribution < 1.29 is 0 Å². The van der Waals surface area contributed by atoms with E-state index in [0.717, 1.165) is 72.5 Å². The standard InChI is InChI=1S/C55H36N4/c1-2-9-39(10-3-1)51-35-54(58-53-15-8-32-56-55(51)53)41-22-29-48(30-23-41)59(47-27-20-38(21-28-47)45-34-44-12-5-7-14-52(44)57-36-45)46-25-18-37(19-26-46)42-24-31-50-43(33-42)17-16-40-11-4-6-13-49(40)50/h1-36H. The minimum Gasteiger partial charge on any atom is -0.311 e. The van der Waals surface area contributed by atoms with Crippen LogP contribution in [0.4, 0.5) is 17.1 Å². The second kappa shape index (κ2) is 14.5. The molecule has 0 amide bonds. The van der Waals surface area contributed by atoms with Crippen LogP contribution in [-0.2, 0) is 0 Å². The molecule has 8 aromatic carbocycles. The van der Waals surface area contributed by atoms with Gasteiger partial charge in [-0.3, -0.25) is 9.97 Å². The van der Waals surface area contributed by atoms with Crippen molar-refractivity contribution in [2.75, 3.05) is 4.90 Å². The fraction of sp³-hybridized carbons (Fsp3) is 0. The van der Waals surface area contributed by atoms with Crippen LogP contribution in [-0.4, -0.2) is 15.0 Å². The number of hydrogen-bond donors (Lipinski definition) is 0. The quantitative estimate of drug-likeness (QED) is 0.152. The first-order valence-electron chi connectivity index (χ1n) is 19.9. The van der Waals surface area contributed by atoms with Gasteiger partial charge in [0, 0.05) is 51.5 Å². The zero-order valence-corrected chi connectivity index (χ0v) is 32.1. The molecule has 3 aromatic heterocycles. The fourth-order valence-corrected chi connectivity index (χ4v) is 8.30. The van der Waals surface area contributed by atoms with Crippen LogP contribution in [0.15, 0.2) is 219 Å². The third kappa shape index (κ3) is 6.43. The zero-order chi connectivity index (χ0) is 39.1. The molecule has 3 heterocycles. The maximum atomic E-state index is 5.07. The Labute approximate surface area is 342 Å². The predicted octanol–water partition coefficient (Wildman–Crippen LogP) is 14.6. The lowest BCUT2D eigenvalue weighted by Gasteiger charge is -2.26. The van der Waals surface area contributed by atoms with Gasteiger partial charge in [0.15, 0.2) is 0 Å². The summed E-state index contributed by atoms with van der Waals surface area (Å²) in [6.45, 7) is 0. The lowest BCUT2D eigenvalue weighted by molar-refractivity contribution is 1.28. The minimum atomic E-state index is 0.871. The smallest absolute Gasteiger partial charge is 0.0965 e. The van der Waals surface area contributed by atoms with E-state index in [-0.39, 0.29) is 0 Å². The summed E-state index contributed by atoms with van der Waals surface area (Å²) in [5.74, 6) is 0. The van der Waals surface area contributed by atoms with Gasteiger partial charge in [0.2, 0.25) is 0 Å². The molecular weight excluding hydrogens is 717 g/mol. The van der Waals surface area contributed by atoms with Gasteiger partial charge in [0.05, 0.1) is 22.2 Å². The maximum absolute atomic E-state index is 5.07.